The molecule has 0 spiro atoms. The van der Waals surface area contributed by atoms with Gasteiger partial charge >= 0.3 is 0 Å². The fraction of sp³-hybridized carbons (Fsp3) is 0.167. The molecule has 3 rings (SSSR count). The molecule has 1 unspecified atom stereocenters. The molecule has 140 valence electrons. The van der Waals surface area contributed by atoms with Crippen molar-refractivity contribution >= 4 is 58.2 Å². The zero-order valence-electron chi connectivity index (χ0n) is 14.4. The van der Waals surface area contributed by atoms with Crippen molar-refractivity contribution in [1.29, 1.82) is 0 Å². The molecule has 0 saturated heterocycles. The third kappa shape index (κ3) is 4.58. The Bertz CT molecular complexity index is 975. The summed E-state index contributed by atoms with van der Waals surface area (Å²) in [5, 5.41) is 12.8. The molecular formula is C18H15Cl3N4OS. The van der Waals surface area contributed by atoms with Crippen LogP contribution in [0.5, 0.6) is 0 Å². The Morgan fingerprint density at radius 2 is 1.81 bits per heavy atom. The molecule has 1 aromatic heterocycles. The highest BCUT2D eigenvalue weighted by atomic mass is 35.5. The zero-order valence-corrected chi connectivity index (χ0v) is 17.5. The Labute approximate surface area is 176 Å². The van der Waals surface area contributed by atoms with Gasteiger partial charge in [-0.3, -0.25) is 4.79 Å². The molecule has 1 amide bonds. The van der Waals surface area contributed by atoms with Crippen LogP contribution in [0.2, 0.25) is 15.1 Å². The second-order valence-electron chi connectivity index (χ2n) is 5.72. The van der Waals surface area contributed by atoms with Gasteiger partial charge in [0, 0.05) is 17.6 Å². The number of rotatable bonds is 5. The Hall–Kier alpha value is -1.73. The lowest BCUT2D eigenvalue weighted by atomic mass is 10.2. The Kier molecular flexibility index (Phi) is 6.32. The van der Waals surface area contributed by atoms with Gasteiger partial charge in [0.25, 0.3) is 0 Å². The average molecular weight is 442 g/mol. The van der Waals surface area contributed by atoms with Crippen molar-refractivity contribution in [2.75, 3.05) is 5.32 Å². The maximum absolute atomic E-state index is 12.5. The lowest BCUT2D eigenvalue weighted by Gasteiger charge is -2.13. The molecule has 1 N–H and O–H groups in total. The minimum Gasteiger partial charge on any atom is -0.324 e. The van der Waals surface area contributed by atoms with Crippen molar-refractivity contribution in [1.82, 2.24) is 14.8 Å². The van der Waals surface area contributed by atoms with Gasteiger partial charge in [-0.1, -0.05) is 52.6 Å². The van der Waals surface area contributed by atoms with E-state index in [1.54, 1.807) is 37.3 Å². The Balaban J connectivity index is 1.72. The van der Waals surface area contributed by atoms with Crippen molar-refractivity contribution in [3.8, 4) is 11.4 Å². The first-order valence-corrected chi connectivity index (χ1v) is 9.95. The fourth-order valence-corrected chi connectivity index (χ4v) is 3.60. The summed E-state index contributed by atoms with van der Waals surface area (Å²) in [6, 6.07) is 12.4. The summed E-state index contributed by atoms with van der Waals surface area (Å²) in [6.45, 7) is 1.79. The molecule has 27 heavy (non-hydrogen) atoms. The molecule has 3 aromatic rings. The van der Waals surface area contributed by atoms with E-state index in [2.05, 4.69) is 15.5 Å². The van der Waals surface area contributed by atoms with Gasteiger partial charge in [0.05, 0.1) is 21.0 Å². The first-order valence-electron chi connectivity index (χ1n) is 7.93. The zero-order chi connectivity index (χ0) is 19.6. The molecule has 0 saturated carbocycles. The number of nitrogens with zero attached hydrogens (tertiary/aromatic N) is 3. The number of aromatic nitrogens is 3. The van der Waals surface area contributed by atoms with Crippen LogP contribution in [-0.4, -0.2) is 25.9 Å². The number of halogens is 3. The number of carbonyl (C=O) groups excluding carboxylic acids is 1. The van der Waals surface area contributed by atoms with E-state index in [9.17, 15) is 4.79 Å². The van der Waals surface area contributed by atoms with Crippen molar-refractivity contribution in [3.05, 3.63) is 57.5 Å². The topological polar surface area (TPSA) is 59.8 Å². The smallest absolute Gasteiger partial charge is 0.237 e. The molecular weight excluding hydrogens is 427 g/mol. The molecule has 0 fully saturated rings. The van der Waals surface area contributed by atoms with Crippen LogP contribution >= 0.6 is 46.6 Å². The number of hydrogen-bond donors (Lipinski definition) is 1. The number of carbonyl (C=O) groups is 1. The number of benzene rings is 2. The summed E-state index contributed by atoms with van der Waals surface area (Å²) in [4.78, 5) is 12.5. The lowest BCUT2D eigenvalue weighted by Crippen LogP contribution is -2.23. The van der Waals surface area contributed by atoms with E-state index < -0.39 is 5.25 Å². The molecule has 1 atom stereocenters. The molecule has 0 aliphatic rings. The van der Waals surface area contributed by atoms with Gasteiger partial charge in [-0.15, -0.1) is 10.2 Å². The van der Waals surface area contributed by atoms with Crippen LogP contribution in [0.4, 0.5) is 5.69 Å². The van der Waals surface area contributed by atoms with Gasteiger partial charge in [0.1, 0.15) is 0 Å². The first kappa shape index (κ1) is 20.0. The van der Waals surface area contributed by atoms with Crippen LogP contribution in [0.25, 0.3) is 11.4 Å². The highest BCUT2D eigenvalue weighted by Crippen LogP contribution is 2.31. The summed E-state index contributed by atoms with van der Waals surface area (Å²) >= 11 is 19.3. The summed E-state index contributed by atoms with van der Waals surface area (Å²) in [5.74, 6) is 0.486. The highest BCUT2D eigenvalue weighted by Gasteiger charge is 2.20. The molecule has 0 radical (unpaired) electrons. The standard InChI is InChI=1S/C18H15Cl3N4OS/c1-10(17(26)22-14-5-3-4-13(20)15(14)21)27-18-24-23-16(25(18)2)11-6-8-12(19)9-7-11/h3-10H,1-2H3,(H,22,26). The van der Waals surface area contributed by atoms with E-state index in [0.717, 1.165) is 5.56 Å². The van der Waals surface area contributed by atoms with E-state index in [0.29, 0.717) is 31.7 Å². The predicted octanol–water partition coefficient (Wildman–Crippen LogP) is 5.56. The largest absolute Gasteiger partial charge is 0.324 e. The fourth-order valence-electron chi connectivity index (χ4n) is 2.31. The number of hydrogen-bond acceptors (Lipinski definition) is 4. The van der Waals surface area contributed by atoms with Gasteiger partial charge in [-0.2, -0.15) is 0 Å². The van der Waals surface area contributed by atoms with Gasteiger partial charge in [-0.25, -0.2) is 0 Å². The minimum absolute atomic E-state index is 0.208. The van der Waals surface area contributed by atoms with Crippen LogP contribution < -0.4 is 5.32 Å². The van der Waals surface area contributed by atoms with Gasteiger partial charge < -0.3 is 9.88 Å². The van der Waals surface area contributed by atoms with Crippen molar-refractivity contribution in [2.45, 2.75) is 17.3 Å². The second-order valence-corrected chi connectivity index (χ2v) is 8.25. The molecule has 1 heterocycles. The van der Waals surface area contributed by atoms with E-state index in [1.165, 1.54) is 11.8 Å². The summed E-state index contributed by atoms with van der Waals surface area (Å²) in [7, 11) is 1.85. The molecule has 0 aliphatic carbocycles. The third-order valence-electron chi connectivity index (χ3n) is 3.80. The quantitative estimate of drug-likeness (QED) is 0.526. The average Bonchev–Trinajstić information content (AvgIpc) is 3.00. The maximum atomic E-state index is 12.5. The summed E-state index contributed by atoms with van der Waals surface area (Å²) < 4.78 is 1.84. The third-order valence-corrected chi connectivity index (χ3v) is 6.00. The Morgan fingerprint density at radius 3 is 2.52 bits per heavy atom. The molecule has 5 nitrogen and oxygen atoms in total. The molecule has 9 heteroatoms. The number of thioether (sulfide) groups is 1. The van der Waals surface area contributed by atoms with Gasteiger partial charge in [0.2, 0.25) is 5.91 Å². The second kappa shape index (κ2) is 8.52. The normalized spacial score (nSPS) is 12.0. The maximum Gasteiger partial charge on any atom is 0.237 e. The van der Waals surface area contributed by atoms with Gasteiger partial charge in [0.15, 0.2) is 11.0 Å². The van der Waals surface area contributed by atoms with Crippen molar-refractivity contribution in [2.24, 2.45) is 7.05 Å². The van der Waals surface area contributed by atoms with E-state index >= 15 is 0 Å². The first-order chi connectivity index (χ1) is 12.9. The van der Waals surface area contributed by atoms with E-state index in [1.807, 2.05) is 23.7 Å². The number of anilines is 1. The van der Waals surface area contributed by atoms with E-state index in [-0.39, 0.29) is 5.91 Å². The van der Waals surface area contributed by atoms with Crippen LogP contribution in [0, 0.1) is 0 Å². The molecule has 0 aliphatic heterocycles. The predicted molar refractivity (Wildman–Crippen MR) is 112 cm³/mol. The minimum atomic E-state index is -0.416. The summed E-state index contributed by atoms with van der Waals surface area (Å²) in [5.41, 5.74) is 1.37. The highest BCUT2D eigenvalue weighted by molar-refractivity contribution is 8.00. The van der Waals surface area contributed by atoms with Crippen molar-refractivity contribution in [3.63, 3.8) is 0 Å². The lowest BCUT2D eigenvalue weighted by molar-refractivity contribution is -0.115. The Morgan fingerprint density at radius 1 is 1.11 bits per heavy atom. The van der Waals surface area contributed by atoms with E-state index in [4.69, 9.17) is 34.8 Å². The van der Waals surface area contributed by atoms with Gasteiger partial charge in [-0.05, 0) is 43.3 Å². The number of nitrogens with one attached hydrogen (secondary N) is 1. The monoisotopic (exact) mass is 440 g/mol. The van der Waals surface area contributed by atoms with Crippen LogP contribution in [0.1, 0.15) is 6.92 Å². The molecule has 2 aromatic carbocycles. The summed E-state index contributed by atoms with van der Waals surface area (Å²) in [6.07, 6.45) is 0. The van der Waals surface area contributed by atoms with Crippen LogP contribution in [0.15, 0.2) is 47.6 Å². The van der Waals surface area contributed by atoms with Crippen LogP contribution in [0.3, 0.4) is 0 Å². The SMILES string of the molecule is CC(Sc1nnc(-c2ccc(Cl)cc2)n1C)C(=O)Nc1cccc(Cl)c1Cl. The number of amides is 1. The van der Waals surface area contributed by atoms with Crippen LogP contribution in [-0.2, 0) is 11.8 Å². The van der Waals surface area contributed by atoms with Crippen molar-refractivity contribution < 1.29 is 4.79 Å². The molecule has 0 bridgehead atoms.